The topological polar surface area (TPSA) is 92.8 Å². The molecule has 0 aromatic heterocycles. The van der Waals surface area contributed by atoms with Gasteiger partial charge in [0.1, 0.15) is 0 Å². The molecule has 0 bridgehead atoms. The summed E-state index contributed by atoms with van der Waals surface area (Å²) in [4.78, 5) is 24.2. The van der Waals surface area contributed by atoms with Crippen molar-refractivity contribution in [3.8, 4) is 0 Å². The van der Waals surface area contributed by atoms with Gasteiger partial charge in [0.05, 0.1) is 10.5 Å². The SMILES string of the molecule is C[C@@H]1CCCCN1S(=O)(=O)c1ccc(C(=O)OCC(=O)NC2CCCC2)cc1. The van der Waals surface area contributed by atoms with Gasteiger partial charge in [-0.05, 0) is 56.9 Å². The molecule has 1 N–H and O–H groups in total. The van der Waals surface area contributed by atoms with Crippen molar-refractivity contribution in [1.29, 1.82) is 0 Å². The minimum Gasteiger partial charge on any atom is -0.452 e. The number of carbonyl (C=O) groups excluding carboxylic acids is 2. The highest BCUT2D eigenvalue weighted by atomic mass is 32.2. The van der Waals surface area contributed by atoms with Gasteiger partial charge in [0, 0.05) is 18.6 Å². The minimum atomic E-state index is -3.58. The van der Waals surface area contributed by atoms with Crippen molar-refractivity contribution >= 4 is 21.9 Å². The van der Waals surface area contributed by atoms with Crippen molar-refractivity contribution in [2.24, 2.45) is 0 Å². The molecule has 1 aliphatic carbocycles. The third-order valence-electron chi connectivity index (χ3n) is 5.49. The van der Waals surface area contributed by atoms with Crippen molar-refractivity contribution in [2.45, 2.75) is 68.8 Å². The molecule has 7 nitrogen and oxygen atoms in total. The highest BCUT2D eigenvalue weighted by molar-refractivity contribution is 7.89. The molecule has 0 unspecified atom stereocenters. The molecule has 28 heavy (non-hydrogen) atoms. The van der Waals surface area contributed by atoms with Gasteiger partial charge in [-0.3, -0.25) is 4.79 Å². The molecule has 2 aliphatic rings. The van der Waals surface area contributed by atoms with E-state index in [1.165, 1.54) is 28.6 Å². The zero-order chi connectivity index (χ0) is 20.1. The number of esters is 1. The van der Waals surface area contributed by atoms with Gasteiger partial charge < -0.3 is 10.1 Å². The summed E-state index contributed by atoms with van der Waals surface area (Å²) >= 11 is 0. The first-order valence-electron chi connectivity index (χ1n) is 9.96. The molecule has 1 aromatic carbocycles. The number of piperidine rings is 1. The van der Waals surface area contributed by atoms with Crippen molar-refractivity contribution in [3.05, 3.63) is 29.8 Å². The summed E-state index contributed by atoms with van der Waals surface area (Å²) in [5, 5.41) is 2.85. The highest BCUT2D eigenvalue weighted by Crippen LogP contribution is 2.25. The Morgan fingerprint density at radius 2 is 1.71 bits per heavy atom. The van der Waals surface area contributed by atoms with Gasteiger partial charge >= 0.3 is 5.97 Å². The lowest BCUT2D eigenvalue weighted by atomic mass is 10.1. The molecule has 0 spiro atoms. The number of carbonyl (C=O) groups is 2. The fourth-order valence-electron chi connectivity index (χ4n) is 3.88. The van der Waals surface area contributed by atoms with Crippen LogP contribution < -0.4 is 5.32 Å². The molecule has 8 heteroatoms. The highest BCUT2D eigenvalue weighted by Gasteiger charge is 2.31. The van der Waals surface area contributed by atoms with E-state index < -0.39 is 16.0 Å². The van der Waals surface area contributed by atoms with Crippen LogP contribution in [0.15, 0.2) is 29.2 Å². The Morgan fingerprint density at radius 1 is 1.07 bits per heavy atom. The number of ether oxygens (including phenoxy) is 1. The quantitative estimate of drug-likeness (QED) is 0.730. The van der Waals surface area contributed by atoms with E-state index in [1.54, 1.807) is 0 Å². The number of amides is 1. The standard InChI is InChI=1S/C20H28N2O5S/c1-15-6-4-5-13-22(15)28(25,26)18-11-9-16(10-12-18)20(24)27-14-19(23)21-17-7-2-3-8-17/h9-12,15,17H,2-8,13-14H2,1H3,(H,21,23)/t15-/m1/s1. The number of hydrogen-bond acceptors (Lipinski definition) is 5. The summed E-state index contributed by atoms with van der Waals surface area (Å²) in [7, 11) is -3.58. The lowest BCUT2D eigenvalue weighted by molar-refractivity contribution is -0.124. The Kier molecular flexibility index (Phi) is 6.72. The lowest BCUT2D eigenvalue weighted by Gasteiger charge is -2.32. The second kappa shape index (κ2) is 9.05. The lowest BCUT2D eigenvalue weighted by Crippen LogP contribution is -2.41. The van der Waals surface area contributed by atoms with Gasteiger partial charge in [-0.15, -0.1) is 0 Å². The Morgan fingerprint density at radius 3 is 2.36 bits per heavy atom. The summed E-state index contributed by atoms with van der Waals surface area (Å²) in [5.74, 6) is -0.949. The number of nitrogens with one attached hydrogen (secondary N) is 1. The van der Waals surface area contributed by atoms with E-state index in [2.05, 4.69) is 5.32 Å². The average Bonchev–Trinajstić information content (AvgIpc) is 3.19. The van der Waals surface area contributed by atoms with Crippen molar-refractivity contribution in [1.82, 2.24) is 9.62 Å². The van der Waals surface area contributed by atoms with Gasteiger partial charge in [-0.25, -0.2) is 13.2 Å². The van der Waals surface area contributed by atoms with E-state index in [9.17, 15) is 18.0 Å². The molecule has 2 fully saturated rings. The monoisotopic (exact) mass is 408 g/mol. The molecule has 154 valence electrons. The van der Waals surface area contributed by atoms with E-state index in [1.807, 2.05) is 6.92 Å². The maximum absolute atomic E-state index is 12.8. The maximum atomic E-state index is 12.8. The Labute approximate surface area is 166 Å². The minimum absolute atomic E-state index is 0.0261. The summed E-state index contributed by atoms with van der Waals surface area (Å²) in [6.45, 7) is 2.10. The van der Waals surface area contributed by atoms with Crippen molar-refractivity contribution in [2.75, 3.05) is 13.2 Å². The van der Waals surface area contributed by atoms with E-state index in [4.69, 9.17) is 4.74 Å². The Bertz CT molecular complexity index is 800. The van der Waals surface area contributed by atoms with Gasteiger partial charge in [-0.2, -0.15) is 4.31 Å². The summed E-state index contributed by atoms with van der Waals surface area (Å²) in [6.07, 6.45) is 6.89. The van der Waals surface area contributed by atoms with Crippen LogP contribution in [0.2, 0.25) is 0 Å². The molecular formula is C20H28N2O5S. The maximum Gasteiger partial charge on any atom is 0.338 e. The zero-order valence-corrected chi connectivity index (χ0v) is 17.0. The third kappa shape index (κ3) is 4.91. The molecule has 3 rings (SSSR count). The van der Waals surface area contributed by atoms with Gasteiger partial charge in [-0.1, -0.05) is 19.3 Å². The normalized spacial score (nSPS) is 21.4. The second-order valence-electron chi connectivity index (χ2n) is 7.61. The Hall–Kier alpha value is -1.93. The van der Waals surface area contributed by atoms with E-state index in [-0.39, 0.29) is 35.1 Å². The molecule has 1 heterocycles. The summed E-state index contributed by atoms with van der Waals surface area (Å²) in [6, 6.07) is 5.85. The first-order valence-corrected chi connectivity index (χ1v) is 11.4. The van der Waals surface area contributed by atoms with Crippen LogP contribution >= 0.6 is 0 Å². The second-order valence-corrected chi connectivity index (χ2v) is 9.50. The van der Waals surface area contributed by atoms with Gasteiger partial charge in [0.25, 0.3) is 5.91 Å². The van der Waals surface area contributed by atoms with Crippen LogP contribution in [0.1, 0.15) is 62.2 Å². The smallest absolute Gasteiger partial charge is 0.338 e. The third-order valence-corrected chi connectivity index (χ3v) is 7.52. The number of benzene rings is 1. The number of sulfonamides is 1. The molecule has 1 aliphatic heterocycles. The van der Waals surface area contributed by atoms with E-state index >= 15 is 0 Å². The first kappa shape index (κ1) is 20.8. The molecule has 1 saturated heterocycles. The van der Waals surface area contributed by atoms with Crippen LogP contribution in [0.25, 0.3) is 0 Å². The number of hydrogen-bond donors (Lipinski definition) is 1. The predicted molar refractivity (Wildman–Crippen MR) is 104 cm³/mol. The largest absolute Gasteiger partial charge is 0.452 e. The van der Waals surface area contributed by atoms with Crippen molar-refractivity contribution < 1.29 is 22.7 Å². The fraction of sp³-hybridized carbons (Fsp3) is 0.600. The molecule has 1 saturated carbocycles. The van der Waals surface area contributed by atoms with E-state index in [0.717, 1.165) is 44.9 Å². The number of rotatable bonds is 6. The fourth-order valence-corrected chi connectivity index (χ4v) is 5.58. The summed E-state index contributed by atoms with van der Waals surface area (Å²) in [5.41, 5.74) is 0.222. The molecule has 1 amide bonds. The van der Waals surface area contributed by atoms with Crippen LogP contribution in [0, 0.1) is 0 Å². The zero-order valence-electron chi connectivity index (χ0n) is 16.2. The molecule has 0 radical (unpaired) electrons. The Balaban J connectivity index is 1.57. The van der Waals surface area contributed by atoms with Crippen LogP contribution in [0.4, 0.5) is 0 Å². The van der Waals surface area contributed by atoms with Crippen molar-refractivity contribution in [3.63, 3.8) is 0 Å². The molecule has 1 atom stereocenters. The van der Waals surface area contributed by atoms with Gasteiger partial charge in [0.2, 0.25) is 10.0 Å². The van der Waals surface area contributed by atoms with Crippen LogP contribution in [0.3, 0.4) is 0 Å². The average molecular weight is 409 g/mol. The first-order chi connectivity index (χ1) is 13.4. The van der Waals surface area contributed by atoms with Crippen LogP contribution in [-0.2, 0) is 19.6 Å². The predicted octanol–water partition coefficient (Wildman–Crippen LogP) is 2.47. The molecule has 1 aromatic rings. The van der Waals surface area contributed by atoms with Gasteiger partial charge in [0.15, 0.2) is 6.61 Å². The summed E-state index contributed by atoms with van der Waals surface area (Å²) < 4.78 is 32.2. The van der Waals surface area contributed by atoms with Crippen LogP contribution in [0.5, 0.6) is 0 Å². The molecular weight excluding hydrogens is 380 g/mol. The van der Waals surface area contributed by atoms with Crippen LogP contribution in [-0.4, -0.2) is 49.8 Å². The van der Waals surface area contributed by atoms with E-state index in [0.29, 0.717) is 6.54 Å². The number of nitrogens with zero attached hydrogens (tertiary/aromatic N) is 1.